The van der Waals surface area contributed by atoms with E-state index in [1.165, 1.54) is 36.0 Å². The lowest BCUT2D eigenvalue weighted by molar-refractivity contribution is -0.148. The fourth-order valence-electron chi connectivity index (χ4n) is 4.85. The van der Waals surface area contributed by atoms with Crippen LogP contribution >= 0.6 is 22.7 Å². The lowest BCUT2D eigenvalue weighted by Gasteiger charge is -2.35. The van der Waals surface area contributed by atoms with E-state index in [0.29, 0.717) is 30.2 Å². The average Bonchev–Trinajstić information content (AvgIpc) is 3.55. The first-order valence-corrected chi connectivity index (χ1v) is 15.5. The molecular weight excluding hydrogens is 552 g/mol. The first-order chi connectivity index (χ1) is 18.9. The van der Waals surface area contributed by atoms with Crippen molar-refractivity contribution in [3.05, 3.63) is 32.7 Å². The van der Waals surface area contributed by atoms with Crippen LogP contribution in [0.4, 0.5) is 0 Å². The number of aliphatic carboxylic acids is 1. The molecule has 12 heteroatoms. The highest BCUT2D eigenvalue weighted by molar-refractivity contribution is 7.10. The predicted molar refractivity (Wildman–Crippen MR) is 153 cm³/mol. The van der Waals surface area contributed by atoms with E-state index in [1.54, 1.807) is 30.4 Å². The first kappa shape index (κ1) is 31.7. The van der Waals surface area contributed by atoms with E-state index >= 15 is 0 Å². The second-order valence-corrected chi connectivity index (χ2v) is 12.9. The second-order valence-electron chi connectivity index (χ2n) is 11.0. The smallest absolute Gasteiger partial charge is 0.306 e. The number of hydrogen-bond donors (Lipinski definition) is 2. The summed E-state index contributed by atoms with van der Waals surface area (Å²) in [6.45, 7) is 7.00. The zero-order chi connectivity index (χ0) is 29.4. The van der Waals surface area contributed by atoms with Gasteiger partial charge in [0.15, 0.2) is 6.10 Å². The van der Waals surface area contributed by atoms with Crippen molar-refractivity contribution in [1.29, 1.82) is 0 Å². The number of carboxylic acid groups (broad SMARTS) is 1. The van der Waals surface area contributed by atoms with Crippen molar-refractivity contribution in [1.82, 2.24) is 20.2 Å². The number of carbonyl (C=O) groups excluding carboxylic acids is 3. The van der Waals surface area contributed by atoms with Gasteiger partial charge in [0, 0.05) is 62.3 Å². The predicted octanol–water partition coefficient (Wildman–Crippen LogP) is 4.72. The molecule has 2 heterocycles. The third kappa shape index (κ3) is 9.09. The van der Waals surface area contributed by atoms with Crippen molar-refractivity contribution in [3.63, 3.8) is 0 Å². The molecule has 3 rings (SSSR count). The highest BCUT2D eigenvalue weighted by atomic mass is 32.1. The normalized spacial score (nSPS) is 16.4. The number of aromatic nitrogens is 2. The molecule has 2 aromatic heterocycles. The minimum atomic E-state index is -0.936. The van der Waals surface area contributed by atoms with E-state index in [2.05, 4.69) is 15.3 Å². The molecule has 2 amide bonds. The topological polar surface area (TPSA) is 139 Å². The van der Waals surface area contributed by atoms with Gasteiger partial charge >= 0.3 is 11.9 Å². The second kappa shape index (κ2) is 14.7. The summed E-state index contributed by atoms with van der Waals surface area (Å²) in [5.41, 5.74) is 0.166. The van der Waals surface area contributed by atoms with Crippen molar-refractivity contribution in [3.8, 4) is 0 Å². The molecular formula is C28H40N4O6S2. The molecule has 10 nitrogen and oxygen atoms in total. The standard InChI is InChI=1S/C28H40N4O6S2/c1-16(2)22(32(5)25(34)12-19-7-6-8-19)14-23(38-18(4)33)27-31-21(15-40-27)26(35)30-20(11-17(3)28(36)37)13-24-29-9-10-39-24/h9-10,15-17,19-20,22-23H,6-8,11-14H2,1-5H3,(H,30,35)(H,36,37). The van der Waals surface area contributed by atoms with E-state index in [0.717, 1.165) is 17.8 Å². The first-order valence-electron chi connectivity index (χ1n) is 13.7. The molecule has 220 valence electrons. The number of esters is 1. The van der Waals surface area contributed by atoms with Gasteiger partial charge in [-0.3, -0.25) is 19.2 Å². The summed E-state index contributed by atoms with van der Waals surface area (Å²) in [5, 5.41) is 17.0. The third-order valence-electron chi connectivity index (χ3n) is 7.44. The highest BCUT2D eigenvalue weighted by Gasteiger charge is 2.32. The number of rotatable bonds is 15. The van der Waals surface area contributed by atoms with Crippen LogP contribution < -0.4 is 5.32 Å². The lowest BCUT2D eigenvalue weighted by Crippen LogP contribution is -2.42. The quantitative estimate of drug-likeness (QED) is 0.283. The van der Waals surface area contributed by atoms with E-state index in [4.69, 9.17) is 4.74 Å². The van der Waals surface area contributed by atoms with Gasteiger partial charge in [0.05, 0.1) is 10.9 Å². The number of nitrogens with zero attached hydrogens (tertiary/aromatic N) is 3. The summed E-state index contributed by atoms with van der Waals surface area (Å²) in [6, 6.07) is -0.627. The Labute approximate surface area is 243 Å². The molecule has 0 saturated heterocycles. The monoisotopic (exact) mass is 592 g/mol. The summed E-state index contributed by atoms with van der Waals surface area (Å²) in [6.07, 6.45) is 5.85. The Morgan fingerprint density at radius 2 is 1.90 bits per heavy atom. The molecule has 0 aliphatic heterocycles. The van der Waals surface area contributed by atoms with Gasteiger partial charge in [-0.2, -0.15) is 0 Å². The number of nitrogens with one attached hydrogen (secondary N) is 1. The summed E-state index contributed by atoms with van der Waals surface area (Å²) in [7, 11) is 1.80. The maximum absolute atomic E-state index is 13.2. The van der Waals surface area contributed by atoms with E-state index in [1.807, 2.05) is 19.2 Å². The van der Waals surface area contributed by atoms with Crippen molar-refractivity contribution < 1.29 is 29.0 Å². The van der Waals surface area contributed by atoms with E-state index in [-0.39, 0.29) is 30.0 Å². The Hall–Kier alpha value is -2.86. The molecule has 0 spiro atoms. The molecule has 1 fully saturated rings. The van der Waals surface area contributed by atoms with Gasteiger partial charge in [-0.15, -0.1) is 22.7 Å². The van der Waals surface area contributed by atoms with Crippen molar-refractivity contribution in [2.45, 2.75) is 90.8 Å². The van der Waals surface area contributed by atoms with Gasteiger partial charge < -0.3 is 20.1 Å². The van der Waals surface area contributed by atoms with Gasteiger partial charge in [0.1, 0.15) is 10.7 Å². The SMILES string of the molecule is CC(=O)OC(CC(C(C)C)N(C)C(=O)CC1CCC1)c1nc(C(=O)NC(Cc2nccs2)CC(C)C(=O)O)cs1. The zero-order valence-corrected chi connectivity index (χ0v) is 25.4. The molecule has 0 bridgehead atoms. The number of carboxylic acids is 1. The summed E-state index contributed by atoms with van der Waals surface area (Å²) in [5.74, 6) is -1.84. The molecule has 1 aliphatic carbocycles. The molecule has 2 aromatic rings. The number of ether oxygens (including phenoxy) is 1. The number of carbonyl (C=O) groups is 4. The van der Waals surface area contributed by atoms with Crippen LogP contribution in [0.2, 0.25) is 0 Å². The van der Waals surface area contributed by atoms with Crippen LogP contribution in [0, 0.1) is 17.8 Å². The van der Waals surface area contributed by atoms with Gasteiger partial charge in [-0.25, -0.2) is 9.97 Å². The maximum Gasteiger partial charge on any atom is 0.306 e. The summed E-state index contributed by atoms with van der Waals surface area (Å²) < 4.78 is 5.65. The Kier molecular flexibility index (Phi) is 11.6. The molecule has 1 saturated carbocycles. The molecule has 1 aliphatic rings. The van der Waals surface area contributed by atoms with Gasteiger partial charge in [-0.05, 0) is 31.1 Å². The Morgan fingerprint density at radius 1 is 1.18 bits per heavy atom. The maximum atomic E-state index is 13.2. The van der Waals surface area contributed by atoms with Crippen molar-refractivity contribution in [2.24, 2.45) is 17.8 Å². The fraction of sp³-hybridized carbons (Fsp3) is 0.643. The van der Waals surface area contributed by atoms with Crippen molar-refractivity contribution >= 4 is 46.4 Å². The molecule has 4 unspecified atom stereocenters. The van der Waals surface area contributed by atoms with Crippen LogP contribution in [-0.4, -0.2) is 62.9 Å². The molecule has 40 heavy (non-hydrogen) atoms. The Morgan fingerprint density at radius 3 is 2.45 bits per heavy atom. The largest absolute Gasteiger partial charge is 0.481 e. The molecule has 0 radical (unpaired) electrons. The number of amides is 2. The minimum absolute atomic E-state index is 0.0889. The third-order valence-corrected chi connectivity index (χ3v) is 9.18. The average molecular weight is 593 g/mol. The van der Waals surface area contributed by atoms with Crippen LogP contribution in [0.15, 0.2) is 17.0 Å². The number of hydrogen-bond acceptors (Lipinski definition) is 9. The molecule has 2 N–H and O–H groups in total. The van der Waals surface area contributed by atoms with Gasteiger partial charge in [0.25, 0.3) is 5.91 Å². The van der Waals surface area contributed by atoms with Crippen LogP contribution in [0.5, 0.6) is 0 Å². The lowest BCUT2D eigenvalue weighted by atomic mass is 9.82. The van der Waals surface area contributed by atoms with Gasteiger partial charge in [0.2, 0.25) is 5.91 Å². The van der Waals surface area contributed by atoms with Crippen LogP contribution in [-0.2, 0) is 25.5 Å². The van der Waals surface area contributed by atoms with Gasteiger partial charge in [-0.1, -0.05) is 27.2 Å². The van der Waals surface area contributed by atoms with Crippen molar-refractivity contribution in [2.75, 3.05) is 7.05 Å². The van der Waals surface area contributed by atoms with E-state index in [9.17, 15) is 24.3 Å². The summed E-state index contributed by atoms with van der Waals surface area (Å²) in [4.78, 5) is 60.2. The highest BCUT2D eigenvalue weighted by Crippen LogP contribution is 2.33. The van der Waals surface area contributed by atoms with Crippen LogP contribution in [0.3, 0.4) is 0 Å². The minimum Gasteiger partial charge on any atom is -0.481 e. The van der Waals surface area contributed by atoms with E-state index < -0.39 is 35.9 Å². The molecule has 4 atom stereocenters. The van der Waals surface area contributed by atoms with Crippen LogP contribution in [0.1, 0.15) is 92.8 Å². The zero-order valence-electron chi connectivity index (χ0n) is 23.8. The fourth-order valence-corrected chi connectivity index (χ4v) is 6.39. The van der Waals surface area contributed by atoms with Crippen LogP contribution in [0.25, 0.3) is 0 Å². The number of thiazole rings is 2. The Balaban J connectivity index is 1.73. The Bertz CT molecular complexity index is 1150. The molecule has 0 aromatic carbocycles. The summed E-state index contributed by atoms with van der Waals surface area (Å²) >= 11 is 2.66.